The number of piperidine rings is 1. The van der Waals surface area contributed by atoms with Gasteiger partial charge in [0, 0.05) is 12.5 Å². The molecule has 0 radical (unpaired) electrons. The van der Waals surface area contributed by atoms with Crippen LogP contribution in [0.15, 0.2) is 0 Å². The summed E-state index contributed by atoms with van der Waals surface area (Å²) < 4.78 is 0. The molecule has 96 valence electrons. The number of carboxylic acid groups (broad SMARTS) is 1. The van der Waals surface area contributed by atoms with Crippen molar-refractivity contribution in [1.82, 2.24) is 4.90 Å². The summed E-state index contributed by atoms with van der Waals surface area (Å²) in [6, 6.07) is -0.656. The van der Waals surface area contributed by atoms with E-state index in [1.165, 1.54) is 0 Å². The van der Waals surface area contributed by atoms with Gasteiger partial charge in [0.25, 0.3) is 0 Å². The maximum absolute atomic E-state index is 12.2. The maximum Gasteiger partial charge on any atom is 0.326 e. The third kappa shape index (κ3) is 2.17. The van der Waals surface area contributed by atoms with Crippen molar-refractivity contribution in [3.8, 4) is 0 Å². The van der Waals surface area contributed by atoms with Gasteiger partial charge >= 0.3 is 5.97 Å². The summed E-state index contributed by atoms with van der Waals surface area (Å²) in [5.74, 6) is -0.304. The summed E-state index contributed by atoms with van der Waals surface area (Å²) in [6.45, 7) is 6.54. The molecule has 1 N–H and O–H groups in total. The third-order valence-corrected chi connectivity index (χ3v) is 4.22. The molecule has 2 fully saturated rings. The van der Waals surface area contributed by atoms with Gasteiger partial charge in [0.1, 0.15) is 6.04 Å². The minimum absolute atomic E-state index is 0.0534. The Morgan fingerprint density at radius 3 is 2.41 bits per heavy atom. The summed E-state index contributed by atoms with van der Waals surface area (Å²) >= 11 is 0. The number of nitrogens with zero attached hydrogens (tertiary/aromatic N) is 1. The van der Waals surface area contributed by atoms with Crippen molar-refractivity contribution >= 4 is 11.9 Å². The first-order chi connectivity index (χ1) is 7.84. The molecule has 0 spiro atoms. The van der Waals surface area contributed by atoms with E-state index in [2.05, 4.69) is 0 Å². The second-order valence-electron chi connectivity index (χ2n) is 6.18. The van der Waals surface area contributed by atoms with Crippen LogP contribution in [0.1, 0.15) is 40.0 Å². The number of amides is 1. The van der Waals surface area contributed by atoms with Crippen molar-refractivity contribution in [3.05, 3.63) is 0 Å². The summed E-state index contributed by atoms with van der Waals surface area (Å²) in [5, 5.41) is 9.37. The average Bonchev–Trinajstić information content (AvgIpc) is 2.92. The van der Waals surface area contributed by atoms with E-state index in [1.54, 1.807) is 4.90 Å². The van der Waals surface area contributed by atoms with Gasteiger partial charge in [0.05, 0.1) is 0 Å². The molecule has 0 aromatic carbocycles. The number of hydrogen-bond acceptors (Lipinski definition) is 2. The lowest BCUT2D eigenvalue weighted by Gasteiger charge is -2.44. The molecule has 4 heteroatoms. The van der Waals surface area contributed by atoms with E-state index in [1.807, 2.05) is 20.8 Å². The van der Waals surface area contributed by atoms with E-state index in [-0.39, 0.29) is 17.2 Å². The molecule has 0 aromatic heterocycles. The number of aliphatic carboxylic acids is 1. The average molecular weight is 239 g/mol. The van der Waals surface area contributed by atoms with Gasteiger partial charge in [0.2, 0.25) is 5.91 Å². The van der Waals surface area contributed by atoms with E-state index in [0.29, 0.717) is 12.5 Å². The predicted molar refractivity (Wildman–Crippen MR) is 63.4 cm³/mol. The number of rotatable bonds is 2. The van der Waals surface area contributed by atoms with Crippen LogP contribution >= 0.6 is 0 Å². The van der Waals surface area contributed by atoms with Gasteiger partial charge in [-0.1, -0.05) is 20.8 Å². The first kappa shape index (κ1) is 12.4. The Hall–Kier alpha value is -1.06. The van der Waals surface area contributed by atoms with E-state index in [4.69, 9.17) is 0 Å². The number of carbonyl (C=O) groups excluding carboxylic acids is 1. The van der Waals surface area contributed by atoms with Crippen molar-refractivity contribution in [2.24, 2.45) is 17.3 Å². The fourth-order valence-corrected chi connectivity index (χ4v) is 2.98. The van der Waals surface area contributed by atoms with Gasteiger partial charge in [-0.05, 0) is 30.6 Å². The Morgan fingerprint density at radius 2 is 1.94 bits per heavy atom. The molecular formula is C13H21NO3. The molecule has 4 nitrogen and oxygen atoms in total. The molecule has 1 aliphatic heterocycles. The van der Waals surface area contributed by atoms with Crippen LogP contribution in [0.3, 0.4) is 0 Å². The summed E-state index contributed by atoms with van der Waals surface area (Å²) in [5.41, 5.74) is -0.322. The van der Waals surface area contributed by atoms with Crippen LogP contribution in [0.4, 0.5) is 0 Å². The molecule has 3 atom stereocenters. The Kier molecular flexibility index (Phi) is 2.92. The molecule has 1 saturated carbocycles. The molecule has 3 unspecified atom stereocenters. The molecular weight excluding hydrogens is 218 g/mol. The first-order valence-electron chi connectivity index (χ1n) is 6.38. The van der Waals surface area contributed by atoms with Crippen LogP contribution < -0.4 is 0 Å². The lowest BCUT2D eigenvalue weighted by atomic mass is 9.76. The molecule has 0 aromatic rings. The second-order valence-corrected chi connectivity index (χ2v) is 6.18. The Bertz CT molecular complexity index is 351. The van der Waals surface area contributed by atoms with Gasteiger partial charge in [-0.3, -0.25) is 4.79 Å². The van der Waals surface area contributed by atoms with Crippen molar-refractivity contribution in [2.45, 2.75) is 46.1 Å². The second kappa shape index (κ2) is 4.00. The van der Waals surface area contributed by atoms with E-state index in [9.17, 15) is 14.7 Å². The van der Waals surface area contributed by atoms with E-state index in [0.717, 1.165) is 19.3 Å². The SMILES string of the molecule is CC1CC1C(=O)N1CCCC(C)(C)C1C(=O)O. The zero-order valence-corrected chi connectivity index (χ0v) is 10.8. The summed E-state index contributed by atoms with van der Waals surface area (Å²) in [6.07, 6.45) is 2.69. The zero-order valence-electron chi connectivity index (χ0n) is 10.8. The highest BCUT2D eigenvalue weighted by atomic mass is 16.4. The smallest absolute Gasteiger partial charge is 0.326 e. The number of hydrogen-bond donors (Lipinski definition) is 1. The van der Waals surface area contributed by atoms with Crippen LogP contribution in [-0.2, 0) is 9.59 Å². The van der Waals surface area contributed by atoms with Gasteiger partial charge in [-0.15, -0.1) is 0 Å². The molecule has 1 amide bonds. The van der Waals surface area contributed by atoms with Crippen molar-refractivity contribution < 1.29 is 14.7 Å². The lowest BCUT2D eigenvalue weighted by Crippen LogP contribution is -2.56. The molecule has 0 bridgehead atoms. The minimum atomic E-state index is -0.864. The Labute approximate surface area is 102 Å². The predicted octanol–water partition coefficient (Wildman–Crippen LogP) is 1.74. The Morgan fingerprint density at radius 1 is 1.35 bits per heavy atom. The summed E-state index contributed by atoms with van der Waals surface area (Å²) in [4.78, 5) is 25.3. The maximum atomic E-state index is 12.2. The topological polar surface area (TPSA) is 57.6 Å². The van der Waals surface area contributed by atoms with Crippen LogP contribution in [0, 0.1) is 17.3 Å². The first-order valence-corrected chi connectivity index (χ1v) is 6.38. The van der Waals surface area contributed by atoms with Gasteiger partial charge in [-0.2, -0.15) is 0 Å². The van der Waals surface area contributed by atoms with Crippen molar-refractivity contribution in [1.29, 1.82) is 0 Å². The van der Waals surface area contributed by atoms with Crippen LogP contribution in [0.5, 0.6) is 0 Å². The van der Waals surface area contributed by atoms with Gasteiger partial charge in [0.15, 0.2) is 0 Å². The summed E-state index contributed by atoms with van der Waals surface area (Å²) in [7, 11) is 0. The molecule has 17 heavy (non-hydrogen) atoms. The lowest BCUT2D eigenvalue weighted by molar-refractivity contribution is -0.159. The fourth-order valence-electron chi connectivity index (χ4n) is 2.98. The molecule has 1 aliphatic carbocycles. The molecule has 2 aliphatic rings. The highest BCUT2D eigenvalue weighted by molar-refractivity contribution is 5.87. The fraction of sp³-hybridized carbons (Fsp3) is 0.846. The number of carbonyl (C=O) groups is 2. The van der Waals surface area contributed by atoms with Crippen LogP contribution in [-0.4, -0.2) is 34.5 Å². The quantitative estimate of drug-likeness (QED) is 0.798. The van der Waals surface area contributed by atoms with Gasteiger partial charge < -0.3 is 10.0 Å². The third-order valence-electron chi connectivity index (χ3n) is 4.22. The highest BCUT2D eigenvalue weighted by Gasteiger charge is 2.49. The van der Waals surface area contributed by atoms with E-state index >= 15 is 0 Å². The molecule has 1 heterocycles. The standard InChI is InChI=1S/C13H21NO3/c1-8-7-9(8)11(15)14-6-4-5-13(2,3)10(14)12(16)17/h8-10H,4-7H2,1-3H3,(H,16,17). The van der Waals surface area contributed by atoms with Crippen LogP contribution in [0.2, 0.25) is 0 Å². The highest BCUT2D eigenvalue weighted by Crippen LogP contribution is 2.43. The van der Waals surface area contributed by atoms with Crippen molar-refractivity contribution in [3.63, 3.8) is 0 Å². The number of likely N-dealkylation sites (tertiary alicyclic amines) is 1. The van der Waals surface area contributed by atoms with Gasteiger partial charge in [-0.25, -0.2) is 4.79 Å². The monoisotopic (exact) mass is 239 g/mol. The molecule has 2 rings (SSSR count). The van der Waals surface area contributed by atoms with Crippen LogP contribution in [0.25, 0.3) is 0 Å². The molecule has 1 saturated heterocycles. The minimum Gasteiger partial charge on any atom is -0.480 e. The van der Waals surface area contributed by atoms with Crippen molar-refractivity contribution in [2.75, 3.05) is 6.54 Å². The largest absolute Gasteiger partial charge is 0.480 e. The Balaban J connectivity index is 2.19. The number of carboxylic acids is 1. The zero-order chi connectivity index (χ0) is 12.8. The normalized spacial score (nSPS) is 35.5. The van der Waals surface area contributed by atoms with E-state index < -0.39 is 12.0 Å².